The van der Waals surface area contributed by atoms with Gasteiger partial charge in [0, 0.05) is 23.6 Å². The molecule has 0 saturated heterocycles. The van der Waals surface area contributed by atoms with Gasteiger partial charge in [-0.25, -0.2) is 8.78 Å². The number of aryl methyl sites for hydroxylation is 1. The summed E-state index contributed by atoms with van der Waals surface area (Å²) in [5, 5.41) is 0.821. The fraction of sp³-hybridized carbons (Fsp3) is 0.438. The number of ether oxygens (including phenoxy) is 3. The van der Waals surface area contributed by atoms with Crippen molar-refractivity contribution in [2.24, 2.45) is 0 Å². The summed E-state index contributed by atoms with van der Waals surface area (Å²) in [5.74, 6) is -1.31. The van der Waals surface area contributed by atoms with Crippen LogP contribution < -0.4 is 9.47 Å². The lowest BCUT2D eigenvalue weighted by Gasteiger charge is -2.11. The van der Waals surface area contributed by atoms with Crippen LogP contribution in [0.4, 0.5) is 8.78 Å². The van der Waals surface area contributed by atoms with Crippen molar-refractivity contribution in [1.29, 1.82) is 0 Å². The third-order valence-electron chi connectivity index (χ3n) is 3.53. The minimum atomic E-state index is -2.66. The van der Waals surface area contributed by atoms with Gasteiger partial charge in [0.05, 0.1) is 19.2 Å². The molecule has 0 bridgehead atoms. The predicted molar refractivity (Wildman–Crippen MR) is 77.8 cm³/mol. The molecule has 0 radical (unpaired) electrons. The third kappa shape index (κ3) is 3.11. The molecule has 22 heavy (non-hydrogen) atoms. The van der Waals surface area contributed by atoms with Gasteiger partial charge in [-0.05, 0) is 25.1 Å². The second-order valence-electron chi connectivity index (χ2n) is 5.32. The molecule has 0 aliphatic heterocycles. The molecule has 118 valence electrons. The summed E-state index contributed by atoms with van der Waals surface area (Å²) in [7, 11) is 1.59. The van der Waals surface area contributed by atoms with E-state index >= 15 is 0 Å². The monoisotopic (exact) mass is 309 g/mol. The van der Waals surface area contributed by atoms with Crippen molar-refractivity contribution in [2.75, 3.05) is 20.3 Å². The highest BCUT2D eigenvalue weighted by atomic mass is 19.3. The van der Waals surface area contributed by atoms with Crippen LogP contribution in [-0.2, 0) is 4.74 Å². The van der Waals surface area contributed by atoms with Crippen LogP contribution in [0.3, 0.4) is 0 Å². The van der Waals surface area contributed by atoms with E-state index in [0.717, 1.165) is 16.6 Å². The lowest BCUT2D eigenvalue weighted by molar-refractivity contribution is 0.00430. The highest BCUT2D eigenvalue weighted by molar-refractivity contribution is 5.86. The first-order valence-corrected chi connectivity index (χ1v) is 7.07. The van der Waals surface area contributed by atoms with E-state index in [9.17, 15) is 8.78 Å². The minimum absolute atomic E-state index is 0.132. The number of methoxy groups -OCH3 is 1. The molecule has 0 N–H and O–H groups in total. The Morgan fingerprint density at radius 3 is 2.73 bits per heavy atom. The van der Waals surface area contributed by atoms with Gasteiger partial charge >= 0.3 is 0 Å². The zero-order chi connectivity index (χ0) is 15.7. The van der Waals surface area contributed by atoms with Gasteiger partial charge < -0.3 is 14.2 Å². The van der Waals surface area contributed by atoms with Crippen LogP contribution in [0.1, 0.15) is 12.1 Å². The van der Waals surface area contributed by atoms with Crippen molar-refractivity contribution in [3.05, 3.63) is 30.0 Å². The highest BCUT2D eigenvalue weighted by Gasteiger charge is 2.58. The molecule has 1 aliphatic rings. The summed E-state index contributed by atoms with van der Waals surface area (Å²) in [6.45, 7) is 2.22. The van der Waals surface area contributed by atoms with Gasteiger partial charge in [0.15, 0.2) is 0 Å². The Hall–Kier alpha value is -1.95. The highest BCUT2D eigenvalue weighted by Crippen LogP contribution is 2.44. The Morgan fingerprint density at radius 2 is 2.05 bits per heavy atom. The number of hydrogen-bond donors (Lipinski definition) is 0. The van der Waals surface area contributed by atoms with E-state index in [2.05, 4.69) is 4.98 Å². The fourth-order valence-corrected chi connectivity index (χ4v) is 2.26. The zero-order valence-corrected chi connectivity index (χ0v) is 12.4. The molecule has 1 aromatic heterocycles. The number of benzene rings is 1. The van der Waals surface area contributed by atoms with Gasteiger partial charge in [-0.2, -0.15) is 0 Å². The summed E-state index contributed by atoms with van der Waals surface area (Å²) >= 11 is 0. The molecule has 1 atom stereocenters. The van der Waals surface area contributed by atoms with Crippen molar-refractivity contribution in [3.63, 3.8) is 0 Å². The number of aromatic nitrogens is 1. The molecule has 1 fully saturated rings. The van der Waals surface area contributed by atoms with Crippen LogP contribution >= 0.6 is 0 Å². The smallest absolute Gasteiger partial charge is 0.276 e. The molecule has 4 nitrogen and oxygen atoms in total. The van der Waals surface area contributed by atoms with Crippen molar-refractivity contribution < 1.29 is 23.0 Å². The van der Waals surface area contributed by atoms with Crippen LogP contribution in [-0.4, -0.2) is 37.3 Å². The Kier molecular flexibility index (Phi) is 3.87. The number of halogens is 2. The topological polar surface area (TPSA) is 40.6 Å². The first kappa shape index (κ1) is 15.0. The molecular weight excluding hydrogens is 292 g/mol. The molecule has 0 amide bonds. The van der Waals surface area contributed by atoms with Gasteiger partial charge in [-0.1, -0.05) is 0 Å². The van der Waals surface area contributed by atoms with Crippen molar-refractivity contribution in [2.45, 2.75) is 25.4 Å². The van der Waals surface area contributed by atoms with Crippen LogP contribution in [0.5, 0.6) is 11.5 Å². The molecule has 1 heterocycles. The first-order valence-electron chi connectivity index (χ1n) is 7.07. The van der Waals surface area contributed by atoms with Gasteiger partial charge in [0.2, 0.25) is 0 Å². The predicted octanol–water partition coefficient (Wildman–Crippen LogP) is 3.35. The molecule has 1 aromatic carbocycles. The Balaban J connectivity index is 1.69. The Labute approximate surface area is 127 Å². The summed E-state index contributed by atoms with van der Waals surface area (Å²) in [5.41, 5.74) is 1.62. The first-order chi connectivity index (χ1) is 10.5. The van der Waals surface area contributed by atoms with E-state index in [1.807, 2.05) is 31.2 Å². The maximum Gasteiger partial charge on any atom is 0.276 e. The van der Waals surface area contributed by atoms with Crippen molar-refractivity contribution in [3.8, 4) is 11.5 Å². The third-order valence-corrected chi connectivity index (χ3v) is 3.53. The summed E-state index contributed by atoms with van der Waals surface area (Å²) in [6, 6.07) is 7.34. The van der Waals surface area contributed by atoms with E-state index < -0.39 is 12.0 Å². The standard InChI is InChI=1S/C16H17F2NO3/c1-10-7-14(21-5-6-22-15-9-16(15,17)18)12-8-11(20-2)3-4-13(12)19-10/h3-4,7-8,15H,5-6,9H2,1-2H3. The van der Waals surface area contributed by atoms with Crippen LogP contribution in [0.25, 0.3) is 10.9 Å². The number of rotatable bonds is 6. The number of alkyl halides is 2. The molecule has 1 unspecified atom stereocenters. The van der Waals surface area contributed by atoms with Gasteiger partial charge in [-0.15, -0.1) is 0 Å². The average molecular weight is 309 g/mol. The molecule has 0 spiro atoms. The maximum atomic E-state index is 12.7. The van der Waals surface area contributed by atoms with Gasteiger partial charge in [0.25, 0.3) is 5.92 Å². The summed E-state index contributed by atoms with van der Waals surface area (Å²) in [6.07, 6.45) is -1.14. The largest absolute Gasteiger partial charge is 0.497 e. The summed E-state index contributed by atoms with van der Waals surface area (Å²) < 4.78 is 41.4. The van der Waals surface area contributed by atoms with Gasteiger partial charge in [0.1, 0.15) is 24.2 Å². The SMILES string of the molecule is COc1ccc2nc(C)cc(OCCOC3CC3(F)F)c2c1. The molecule has 1 aliphatic carbocycles. The Bertz CT molecular complexity index is 690. The number of nitrogens with zero attached hydrogens (tertiary/aromatic N) is 1. The maximum absolute atomic E-state index is 12.7. The number of pyridine rings is 1. The molecule has 1 saturated carbocycles. The number of hydrogen-bond acceptors (Lipinski definition) is 4. The van der Waals surface area contributed by atoms with E-state index in [1.54, 1.807) is 7.11 Å². The minimum Gasteiger partial charge on any atom is -0.497 e. The van der Waals surface area contributed by atoms with E-state index in [1.165, 1.54) is 0 Å². The van der Waals surface area contributed by atoms with E-state index in [-0.39, 0.29) is 19.6 Å². The van der Waals surface area contributed by atoms with Crippen LogP contribution in [0.15, 0.2) is 24.3 Å². The molecule has 3 rings (SSSR count). The second kappa shape index (κ2) is 5.68. The van der Waals surface area contributed by atoms with E-state index in [4.69, 9.17) is 14.2 Å². The van der Waals surface area contributed by atoms with Crippen LogP contribution in [0, 0.1) is 6.92 Å². The normalized spacial score (nSPS) is 19.2. The van der Waals surface area contributed by atoms with Crippen molar-refractivity contribution >= 4 is 10.9 Å². The summed E-state index contributed by atoms with van der Waals surface area (Å²) in [4.78, 5) is 4.43. The van der Waals surface area contributed by atoms with E-state index in [0.29, 0.717) is 11.5 Å². The van der Waals surface area contributed by atoms with Gasteiger partial charge in [-0.3, -0.25) is 4.98 Å². The zero-order valence-electron chi connectivity index (χ0n) is 12.4. The van der Waals surface area contributed by atoms with Crippen molar-refractivity contribution in [1.82, 2.24) is 4.98 Å². The fourth-order valence-electron chi connectivity index (χ4n) is 2.26. The second-order valence-corrected chi connectivity index (χ2v) is 5.32. The lowest BCUT2D eigenvalue weighted by atomic mass is 10.1. The molecule has 2 aromatic rings. The average Bonchev–Trinajstić information content (AvgIpc) is 3.10. The number of fused-ring (bicyclic) bond motifs is 1. The van der Waals surface area contributed by atoms with Crippen LogP contribution in [0.2, 0.25) is 0 Å². The molecule has 6 heteroatoms. The quantitative estimate of drug-likeness (QED) is 0.767. The lowest BCUT2D eigenvalue weighted by Crippen LogP contribution is -2.11. The molecular formula is C16H17F2NO3. The Morgan fingerprint density at radius 1 is 1.27 bits per heavy atom.